The van der Waals surface area contributed by atoms with Crippen molar-refractivity contribution in [2.45, 2.75) is 51.7 Å². The van der Waals surface area contributed by atoms with Crippen molar-refractivity contribution >= 4 is 28.3 Å². The molecule has 4 heterocycles. The lowest BCUT2D eigenvalue weighted by Crippen LogP contribution is -2.43. The average Bonchev–Trinajstić information content (AvgIpc) is 3.72. The molecule has 0 unspecified atom stereocenters. The van der Waals surface area contributed by atoms with Gasteiger partial charge in [0.15, 0.2) is 5.82 Å². The highest BCUT2D eigenvalue weighted by Crippen LogP contribution is 2.40. The first-order valence-corrected chi connectivity index (χ1v) is 15.2. The van der Waals surface area contributed by atoms with Gasteiger partial charge in [-0.25, -0.2) is 4.39 Å². The van der Waals surface area contributed by atoms with E-state index in [0.717, 1.165) is 53.7 Å². The van der Waals surface area contributed by atoms with Gasteiger partial charge in [0.2, 0.25) is 11.8 Å². The maximum atomic E-state index is 16.5. The highest BCUT2D eigenvalue weighted by Gasteiger charge is 2.26. The van der Waals surface area contributed by atoms with Crippen LogP contribution in [0.2, 0.25) is 0 Å². The topological polar surface area (TPSA) is 108 Å². The number of hydrogen-bond acceptors (Lipinski definition) is 6. The Morgan fingerprint density at radius 3 is 2.68 bits per heavy atom. The average molecular weight is 600 g/mol. The highest BCUT2D eigenvalue weighted by molar-refractivity contribution is 6.00. The highest BCUT2D eigenvalue weighted by atomic mass is 19.1. The summed E-state index contributed by atoms with van der Waals surface area (Å²) < 4.78 is 23.8. The van der Waals surface area contributed by atoms with Crippen LogP contribution in [0.15, 0.2) is 54.9 Å². The fraction of sp³-hybridized carbons (Fsp3) is 0.394. The van der Waals surface area contributed by atoms with Gasteiger partial charge in [0.25, 0.3) is 0 Å². The minimum Gasteiger partial charge on any atom is -0.496 e. The van der Waals surface area contributed by atoms with E-state index in [9.17, 15) is 9.59 Å². The molecule has 2 aromatic carbocycles. The summed E-state index contributed by atoms with van der Waals surface area (Å²) in [4.78, 5) is 32.1. The lowest BCUT2D eigenvalue weighted by atomic mass is 9.93. The molecule has 1 fully saturated rings. The monoisotopic (exact) mass is 599 g/mol. The standard InChI is InChI=1S/C33H38FN7O3/c1-22(42)36-24-9-14-39(15-10-24)21-25-18-29-28(26-7-3-4-8-30(26)44-2)19-27(32(34)33(29)37-25)23-6-5-13-40(20-23)31(43)11-16-41-17-12-35-38-41/h3-4,6-8,12,17-19,24,37H,5,9-11,13-16,20-21H2,1-2H3,(H,36,42). The number of halogens is 1. The summed E-state index contributed by atoms with van der Waals surface area (Å²) in [7, 11) is 1.64. The van der Waals surface area contributed by atoms with Crippen molar-refractivity contribution in [1.29, 1.82) is 0 Å². The third-order valence-electron chi connectivity index (χ3n) is 8.57. The number of aromatic amines is 1. The van der Waals surface area contributed by atoms with Gasteiger partial charge in [-0.1, -0.05) is 29.5 Å². The summed E-state index contributed by atoms with van der Waals surface area (Å²) in [6.45, 7) is 5.27. The van der Waals surface area contributed by atoms with Crippen molar-refractivity contribution in [3.05, 3.63) is 71.9 Å². The normalized spacial score (nSPS) is 16.2. The number of piperidine rings is 1. The van der Waals surface area contributed by atoms with Crippen LogP contribution in [0.25, 0.3) is 27.6 Å². The van der Waals surface area contributed by atoms with Crippen LogP contribution in [-0.4, -0.2) is 80.9 Å². The number of likely N-dealkylation sites (tertiary alicyclic amines) is 1. The Balaban J connectivity index is 1.30. The van der Waals surface area contributed by atoms with Gasteiger partial charge < -0.3 is 19.9 Å². The van der Waals surface area contributed by atoms with Gasteiger partial charge in [-0.05, 0) is 48.6 Å². The molecular formula is C33H38FN7O3. The second-order valence-electron chi connectivity index (χ2n) is 11.6. The number of ether oxygens (including phenoxy) is 1. The number of benzene rings is 2. The smallest absolute Gasteiger partial charge is 0.224 e. The molecule has 0 saturated carbocycles. The summed E-state index contributed by atoms with van der Waals surface area (Å²) in [6, 6.07) is 11.9. The molecule has 0 spiro atoms. The van der Waals surface area contributed by atoms with Crippen molar-refractivity contribution < 1.29 is 18.7 Å². The molecule has 1 saturated heterocycles. The van der Waals surface area contributed by atoms with E-state index in [1.54, 1.807) is 36.0 Å². The second kappa shape index (κ2) is 13.0. The number of H-pyrrole nitrogens is 1. The van der Waals surface area contributed by atoms with Gasteiger partial charge in [0.05, 0.1) is 25.4 Å². The quantitative estimate of drug-likeness (QED) is 0.296. The number of aryl methyl sites for hydroxylation is 1. The van der Waals surface area contributed by atoms with Gasteiger partial charge >= 0.3 is 0 Å². The number of nitrogens with one attached hydrogen (secondary N) is 2. The zero-order valence-electron chi connectivity index (χ0n) is 25.2. The predicted octanol–water partition coefficient (Wildman–Crippen LogP) is 4.38. The van der Waals surface area contributed by atoms with E-state index >= 15 is 4.39 Å². The van der Waals surface area contributed by atoms with E-state index in [2.05, 4.69) is 25.5 Å². The van der Waals surface area contributed by atoms with E-state index in [4.69, 9.17) is 4.74 Å². The second-order valence-corrected chi connectivity index (χ2v) is 11.6. The molecule has 2 aliphatic rings. The molecule has 2 amide bonds. The molecule has 4 aromatic rings. The molecule has 0 atom stereocenters. The van der Waals surface area contributed by atoms with E-state index in [0.29, 0.717) is 55.9 Å². The van der Waals surface area contributed by atoms with E-state index in [-0.39, 0.29) is 23.7 Å². The fourth-order valence-electron chi connectivity index (χ4n) is 6.36. The molecule has 0 radical (unpaired) electrons. The molecule has 2 aromatic heterocycles. The number of nitrogens with zero attached hydrogens (tertiary/aromatic N) is 5. The van der Waals surface area contributed by atoms with Gasteiger partial charge in [-0.15, -0.1) is 5.10 Å². The lowest BCUT2D eigenvalue weighted by molar-refractivity contribution is -0.131. The number of methoxy groups -OCH3 is 1. The fourth-order valence-corrected chi connectivity index (χ4v) is 6.36. The molecule has 230 valence electrons. The third kappa shape index (κ3) is 6.37. The van der Waals surface area contributed by atoms with Crippen LogP contribution in [0.5, 0.6) is 5.75 Å². The minimum absolute atomic E-state index is 0.00145. The summed E-state index contributed by atoms with van der Waals surface area (Å²) in [5.41, 5.74) is 4.39. The van der Waals surface area contributed by atoms with Crippen LogP contribution >= 0.6 is 0 Å². The molecule has 10 nitrogen and oxygen atoms in total. The molecule has 6 rings (SSSR count). The number of para-hydroxylation sites is 1. The Bertz CT molecular complexity index is 1670. The molecular weight excluding hydrogens is 561 g/mol. The largest absolute Gasteiger partial charge is 0.496 e. The summed E-state index contributed by atoms with van der Waals surface area (Å²) in [5, 5.41) is 11.6. The first-order valence-electron chi connectivity index (χ1n) is 15.2. The number of amides is 2. The van der Waals surface area contributed by atoms with Gasteiger partial charge in [0, 0.05) is 80.5 Å². The van der Waals surface area contributed by atoms with Crippen molar-refractivity contribution in [3.63, 3.8) is 0 Å². The molecule has 11 heteroatoms. The Morgan fingerprint density at radius 1 is 1.11 bits per heavy atom. The zero-order valence-corrected chi connectivity index (χ0v) is 25.2. The van der Waals surface area contributed by atoms with E-state index in [1.165, 1.54) is 0 Å². The zero-order chi connectivity index (χ0) is 30.6. The number of carbonyl (C=O) groups is 2. The van der Waals surface area contributed by atoms with Crippen molar-refractivity contribution in [2.75, 3.05) is 33.3 Å². The van der Waals surface area contributed by atoms with Gasteiger partial charge in [0.1, 0.15) is 5.75 Å². The number of hydrogen-bond donors (Lipinski definition) is 2. The van der Waals surface area contributed by atoms with Gasteiger partial charge in [-0.3, -0.25) is 19.2 Å². The Kier molecular flexibility index (Phi) is 8.74. The maximum Gasteiger partial charge on any atom is 0.224 e. The summed E-state index contributed by atoms with van der Waals surface area (Å²) >= 11 is 0. The first-order chi connectivity index (χ1) is 21.4. The van der Waals surface area contributed by atoms with Crippen molar-refractivity contribution in [3.8, 4) is 16.9 Å². The van der Waals surface area contributed by atoms with E-state index in [1.807, 2.05) is 42.5 Å². The van der Waals surface area contributed by atoms with Crippen LogP contribution in [0.4, 0.5) is 4.39 Å². The van der Waals surface area contributed by atoms with Crippen LogP contribution in [0, 0.1) is 5.82 Å². The van der Waals surface area contributed by atoms with Crippen LogP contribution < -0.4 is 10.1 Å². The van der Waals surface area contributed by atoms with Crippen LogP contribution in [-0.2, 0) is 22.7 Å². The minimum atomic E-state index is -0.322. The number of fused-ring (bicyclic) bond motifs is 1. The molecule has 2 N–H and O–H groups in total. The SMILES string of the molecule is COc1ccccc1-c1cc(C2=CCCN(C(=O)CCn3ccnn3)C2)c(F)c2[nH]c(CN3CCC(NC(C)=O)CC3)cc12. The van der Waals surface area contributed by atoms with Crippen LogP contribution in [0.3, 0.4) is 0 Å². The molecule has 0 bridgehead atoms. The Morgan fingerprint density at radius 2 is 1.93 bits per heavy atom. The molecule has 2 aliphatic heterocycles. The Hall–Kier alpha value is -4.51. The van der Waals surface area contributed by atoms with Crippen molar-refractivity contribution in [1.82, 2.24) is 35.1 Å². The van der Waals surface area contributed by atoms with Gasteiger partial charge in [-0.2, -0.15) is 0 Å². The number of aromatic nitrogens is 4. The van der Waals surface area contributed by atoms with Crippen molar-refractivity contribution in [2.24, 2.45) is 0 Å². The predicted molar refractivity (Wildman–Crippen MR) is 166 cm³/mol. The molecule has 44 heavy (non-hydrogen) atoms. The third-order valence-corrected chi connectivity index (χ3v) is 8.57. The molecule has 0 aliphatic carbocycles. The lowest BCUT2D eigenvalue weighted by Gasteiger charge is -2.31. The number of carbonyl (C=O) groups excluding carboxylic acids is 2. The van der Waals surface area contributed by atoms with E-state index < -0.39 is 0 Å². The van der Waals surface area contributed by atoms with Crippen LogP contribution in [0.1, 0.15) is 43.9 Å². The maximum absolute atomic E-state index is 16.5. The summed E-state index contributed by atoms with van der Waals surface area (Å²) in [5.74, 6) is 0.387. The number of rotatable bonds is 9. The summed E-state index contributed by atoms with van der Waals surface area (Å²) in [6.07, 6.45) is 8.08. The Labute approximate surface area is 255 Å². The first kappa shape index (κ1) is 29.6.